The molecule has 0 saturated heterocycles. The normalized spacial score (nSPS) is 10.2. The molecule has 0 saturated carbocycles. The summed E-state index contributed by atoms with van der Waals surface area (Å²) < 4.78 is 5.02. The van der Waals surface area contributed by atoms with Gasteiger partial charge in [0.15, 0.2) is 0 Å². The molecule has 2 aromatic carbocycles. The van der Waals surface area contributed by atoms with Gasteiger partial charge >= 0.3 is 0 Å². The molecule has 9 heteroatoms. The second-order valence-electron chi connectivity index (χ2n) is 4.95. The number of nitriles is 1. The van der Waals surface area contributed by atoms with Crippen LogP contribution in [0.1, 0.15) is 11.1 Å². The second-order valence-corrected chi connectivity index (χ2v) is 4.95. The van der Waals surface area contributed by atoms with Crippen molar-refractivity contribution in [1.82, 2.24) is 0 Å². The van der Waals surface area contributed by atoms with Crippen LogP contribution >= 0.6 is 0 Å². The molecule has 0 bridgehead atoms. The zero-order valence-corrected chi connectivity index (χ0v) is 13.7. The highest BCUT2D eigenvalue weighted by molar-refractivity contribution is 6.31. The minimum Gasteiger partial charge on any atom is -0.494 e. The Morgan fingerprint density at radius 1 is 1.35 bits per heavy atom. The van der Waals surface area contributed by atoms with E-state index in [0.29, 0.717) is 5.56 Å². The zero-order chi connectivity index (χ0) is 18.9. The number of carbonyl (C=O) groups excluding carboxylic acids is 1. The van der Waals surface area contributed by atoms with Crippen LogP contribution in [0, 0.1) is 21.4 Å². The van der Waals surface area contributed by atoms with Crippen molar-refractivity contribution < 1.29 is 19.3 Å². The molecule has 0 spiro atoms. The lowest BCUT2D eigenvalue weighted by atomic mass is 10.2. The van der Waals surface area contributed by atoms with Crippen molar-refractivity contribution in [2.24, 2.45) is 5.16 Å². The van der Waals surface area contributed by atoms with Crippen LogP contribution in [0.4, 0.5) is 11.4 Å². The molecule has 0 heterocycles. The van der Waals surface area contributed by atoms with Crippen molar-refractivity contribution >= 4 is 23.5 Å². The fraction of sp³-hybridized carbons (Fsp3) is 0.118. The third kappa shape index (κ3) is 5.04. The van der Waals surface area contributed by atoms with Gasteiger partial charge in [0.05, 0.1) is 35.4 Å². The smallest absolute Gasteiger partial charge is 0.273 e. The van der Waals surface area contributed by atoms with Gasteiger partial charge in [-0.25, -0.2) is 0 Å². The molecule has 1 amide bonds. The highest BCUT2D eigenvalue weighted by Gasteiger charge is 2.12. The number of carbonyl (C=O) groups is 1. The van der Waals surface area contributed by atoms with Crippen molar-refractivity contribution in [3.63, 3.8) is 0 Å². The predicted molar refractivity (Wildman–Crippen MR) is 92.7 cm³/mol. The van der Waals surface area contributed by atoms with Crippen LogP contribution < -0.4 is 10.1 Å². The fourth-order valence-corrected chi connectivity index (χ4v) is 1.93. The van der Waals surface area contributed by atoms with Gasteiger partial charge in [-0.1, -0.05) is 17.3 Å². The Bertz CT molecular complexity index is 872. The zero-order valence-electron chi connectivity index (χ0n) is 13.7. The number of nitrogens with one attached hydrogen (secondary N) is 1. The SMILES string of the molecule is COc1cc([N+](=O)[O-])ccc1NC(=O)/C=N\OCc1ccc(C#N)cc1. The largest absolute Gasteiger partial charge is 0.494 e. The molecule has 0 radical (unpaired) electrons. The molecule has 0 aliphatic heterocycles. The molecule has 0 aliphatic carbocycles. The quantitative estimate of drug-likeness (QED) is 0.462. The lowest BCUT2D eigenvalue weighted by molar-refractivity contribution is -0.384. The van der Waals surface area contributed by atoms with Gasteiger partial charge in [-0.3, -0.25) is 14.9 Å². The molecule has 0 fully saturated rings. The Morgan fingerprint density at radius 2 is 2.08 bits per heavy atom. The number of hydrogen-bond acceptors (Lipinski definition) is 7. The van der Waals surface area contributed by atoms with Crippen molar-refractivity contribution in [2.45, 2.75) is 6.61 Å². The third-order valence-electron chi connectivity index (χ3n) is 3.21. The van der Waals surface area contributed by atoms with Gasteiger partial charge in [0.2, 0.25) is 0 Å². The van der Waals surface area contributed by atoms with Gasteiger partial charge < -0.3 is 14.9 Å². The molecule has 2 aromatic rings. The van der Waals surface area contributed by atoms with Crippen LogP contribution in [0.15, 0.2) is 47.6 Å². The maximum atomic E-state index is 11.8. The van der Waals surface area contributed by atoms with E-state index in [9.17, 15) is 14.9 Å². The number of ether oxygens (including phenoxy) is 1. The van der Waals surface area contributed by atoms with E-state index in [2.05, 4.69) is 10.5 Å². The van der Waals surface area contributed by atoms with Crippen molar-refractivity contribution in [3.05, 3.63) is 63.7 Å². The van der Waals surface area contributed by atoms with Crippen LogP contribution in [0.5, 0.6) is 5.75 Å². The van der Waals surface area contributed by atoms with Crippen LogP contribution in [-0.2, 0) is 16.2 Å². The van der Waals surface area contributed by atoms with E-state index in [4.69, 9.17) is 14.8 Å². The van der Waals surface area contributed by atoms with E-state index in [1.807, 2.05) is 6.07 Å². The van der Waals surface area contributed by atoms with Crippen molar-refractivity contribution in [1.29, 1.82) is 5.26 Å². The Labute approximate surface area is 148 Å². The summed E-state index contributed by atoms with van der Waals surface area (Å²) in [6.45, 7) is 0.135. The van der Waals surface area contributed by atoms with Crippen molar-refractivity contribution in [3.8, 4) is 11.8 Å². The van der Waals surface area contributed by atoms with Crippen LogP contribution in [0.25, 0.3) is 0 Å². The number of oxime groups is 1. The third-order valence-corrected chi connectivity index (χ3v) is 3.21. The average molecular weight is 354 g/mol. The summed E-state index contributed by atoms with van der Waals surface area (Å²) in [4.78, 5) is 27.0. The number of hydrogen-bond donors (Lipinski definition) is 1. The summed E-state index contributed by atoms with van der Waals surface area (Å²) in [6, 6.07) is 12.6. The van der Waals surface area contributed by atoms with Gasteiger partial charge in [0, 0.05) is 6.07 Å². The Hall–Kier alpha value is -3.93. The molecule has 0 atom stereocenters. The van der Waals surface area contributed by atoms with Gasteiger partial charge in [-0.2, -0.15) is 5.26 Å². The van der Waals surface area contributed by atoms with Crippen LogP contribution in [0.3, 0.4) is 0 Å². The molecule has 9 nitrogen and oxygen atoms in total. The van der Waals surface area contributed by atoms with E-state index >= 15 is 0 Å². The molecule has 0 unspecified atom stereocenters. The fourth-order valence-electron chi connectivity index (χ4n) is 1.93. The van der Waals surface area contributed by atoms with Crippen LogP contribution in [0.2, 0.25) is 0 Å². The van der Waals surface area contributed by atoms with Crippen LogP contribution in [-0.4, -0.2) is 24.2 Å². The lowest BCUT2D eigenvalue weighted by Crippen LogP contribution is -2.13. The molecule has 0 aliphatic rings. The lowest BCUT2D eigenvalue weighted by Gasteiger charge is -2.08. The monoisotopic (exact) mass is 354 g/mol. The van der Waals surface area contributed by atoms with Gasteiger partial charge in [0.1, 0.15) is 18.6 Å². The van der Waals surface area contributed by atoms with Gasteiger partial charge in [0.25, 0.3) is 11.6 Å². The van der Waals surface area contributed by atoms with E-state index < -0.39 is 10.8 Å². The Morgan fingerprint density at radius 3 is 2.69 bits per heavy atom. The highest BCUT2D eigenvalue weighted by atomic mass is 16.6. The Kier molecular flexibility index (Phi) is 6.23. The number of benzene rings is 2. The topological polar surface area (TPSA) is 127 Å². The number of rotatable bonds is 7. The van der Waals surface area contributed by atoms with E-state index in [-0.39, 0.29) is 23.7 Å². The number of nitro groups is 1. The second kappa shape index (κ2) is 8.79. The maximum absolute atomic E-state index is 11.8. The minimum absolute atomic E-state index is 0.135. The summed E-state index contributed by atoms with van der Waals surface area (Å²) in [5.41, 5.74) is 1.44. The van der Waals surface area contributed by atoms with E-state index in [1.165, 1.54) is 25.3 Å². The number of non-ortho nitro benzene ring substituents is 1. The van der Waals surface area contributed by atoms with Gasteiger partial charge in [-0.05, 0) is 23.8 Å². The molecular weight excluding hydrogens is 340 g/mol. The van der Waals surface area contributed by atoms with Crippen molar-refractivity contribution in [2.75, 3.05) is 12.4 Å². The summed E-state index contributed by atoms with van der Waals surface area (Å²) in [5, 5.41) is 25.5. The predicted octanol–water partition coefficient (Wildman–Crippen LogP) is 2.62. The molecule has 2 rings (SSSR count). The molecule has 1 N–H and O–H groups in total. The first-order valence-electron chi connectivity index (χ1n) is 7.31. The first-order valence-corrected chi connectivity index (χ1v) is 7.31. The number of methoxy groups -OCH3 is 1. The minimum atomic E-state index is -0.586. The van der Waals surface area contributed by atoms with E-state index in [0.717, 1.165) is 11.8 Å². The number of anilines is 1. The summed E-state index contributed by atoms with van der Waals surface area (Å²) in [5.74, 6) is -0.434. The number of nitrogens with zero attached hydrogens (tertiary/aromatic N) is 3. The molecule has 26 heavy (non-hydrogen) atoms. The summed E-state index contributed by atoms with van der Waals surface area (Å²) in [7, 11) is 1.34. The number of amides is 1. The Balaban J connectivity index is 1.90. The first-order chi connectivity index (χ1) is 12.5. The standard InChI is InChI=1S/C17H14N4O5/c1-25-16-8-14(21(23)24)6-7-15(16)20-17(22)10-19-26-11-13-4-2-12(9-18)3-5-13/h2-8,10H,11H2,1H3,(H,20,22)/b19-10-. The van der Waals surface area contributed by atoms with Gasteiger partial charge in [-0.15, -0.1) is 0 Å². The first kappa shape index (κ1) is 18.4. The molecule has 0 aromatic heterocycles. The highest BCUT2D eigenvalue weighted by Crippen LogP contribution is 2.28. The summed E-state index contributed by atoms with van der Waals surface area (Å²) >= 11 is 0. The average Bonchev–Trinajstić information content (AvgIpc) is 2.65. The maximum Gasteiger partial charge on any atom is 0.273 e. The molecule has 132 valence electrons. The molecular formula is C17H14N4O5. The van der Waals surface area contributed by atoms with E-state index in [1.54, 1.807) is 24.3 Å². The number of nitro benzene ring substituents is 1. The summed E-state index contributed by atoms with van der Waals surface area (Å²) in [6.07, 6.45) is 0.935.